The standard InChI is InChI=1S/C15H21NO4/c1-15(2,3)20-14(19)11-7-5-4-6-10(11)8-9-12(16)13(17)18/h4-7,12H,8-9,16H2,1-3H3,(H,17,18)/t12-/m0/s1. The topological polar surface area (TPSA) is 89.6 Å². The molecular weight excluding hydrogens is 258 g/mol. The highest BCUT2D eigenvalue weighted by Gasteiger charge is 2.20. The summed E-state index contributed by atoms with van der Waals surface area (Å²) in [5.74, 6) is -1.45. The van der Waals surface area contributed by atoms with Crippen LogP contribution in [-0.4, -0.2) is 28.7 Å². The van der Waals surface area contributed by atoms with Crippen LogP contribution in [0.3, 0.4) is 0 Å². The molecule has 0 heterocycles. The maximum Gasteiger partial charge on any atom is 0.338 e. The number of ether oxygens (including phenoxy) is 1. The zero-order valence-corrected chi connectivity index (χ0v) is 12.1. The third kappa shape index (κ3) is 5.01. The maximum atomic E-state index is 12.1. The molecule has 0 radical (unpaired) electrons. The van der Waals surface area contributed by atoms with Crippen LogP contribution in [0, 0.1) is 0 Å². The van der Waals surface area contributed by atoms with Gasteiger partial charge in [-0.05, 0) is 45.2 Å². The summed E-state index contributed by atoms with van der Waals surface area (Å²) in [7, 11) is 0. The Kier molecular flexibility index (Phi) is 5.27. The van der Waals surface area contributed by atoms with Crippen LogP contribution in [0.2, 0.25) is 0 Å². The van der Waals surface area contributed by atoms with Gasteiger partial charge in [-0.25, -0.2) is 4.79 Å². The molecule has 0 amide bonds. The molecule has 0 saturated heterocycles. The van der Waals surface area contributed by atoms with E-state index in [0.29, 0.717) is 12.0 Å². The Bertz CT molecular complexity index is 491. The van der Waals surface area contributed by atoms with Crippen LogP contribution in [0.25, 0.3) is 0 Å². The maximum absolute atomic E-state index is 12.1. The predicted octanol–water partition coefficient (Wildman–Crippen LogP) is 1.99. The summed E-state index contributed by atoms with van der Waals surface area (Å²) in [5, 5.41) is 8.77. The van der Waals surface area contributed by atoms with E-state index in [-0.39, 0.29) is 6.42 Å². The lowest BCUT2D eigenvalue weighted by Gasteiger charge is -2.20. The first-order valence-electron chi connectivity index (χ1n) is 6.50. The summed E-state index contributed by atoms with van der Waals surface area (Å²) in [6.07, 6.45) is 0.692. The van der Waals surface area contributed by atoms with E-state index in [2.05, 4.69) is 0 Å². The van der Waals surface area contributed by atoms with E-state index in [0.717, 1.165) is 5.56 Å². The van der Waals surface area contributed by atoms with Gasteiger partial charge >= 0.3 is 11.9 Å². The molecule has 0 unspecified atom stereocenters. The minimum absolute atomic E-state index is 0.273. The normalized spacial score (nSPS) is 12.8. The van der Waals surface area contributed by atoms with Gasteiger partial charge in [0.05, 0.1) is 5.56 Å². The second-order valence-electron chi connectivity index (χ2n) is 5.64. The Morgan fingerprint density at radius 1 is 1.30 bits per heavy atom. The molecule has 20 heavy (non-hydrogen) atoms. The zero-order valence-electron chi connectivity index (χ0n) is 12.1. The number of hydrogen-bond donors (Lipinski definition) is 2. The van der Waals surface area contributed by atoms with Gasteiger partial charge in [0, 0.05) is 0 Å². The first kappa shape index (κ1) is 16.2. The molecule has 0 aliphatic rings. The Morgan fingerprint density at radius 3 is 2.45 bits per heavy atom. The lowest BCUT2D eigenvalue weighted by atomic mass is 10.00. The highest BCUT2D eigenvalue weighted by Crippen LogP contribution is 2.17. The average molecular weight is 279 g/mol. The van der Waals surface area contributed by atoms with Crippen LogP contribution in [0.1, 0.15) is 43.1 Å². The second-order valence-corrected chi connectivity index (χ2v) is 5.64. The van der Waals surface area contributed by atoms with Crippen LogP contribution < -0.4 is 5.73 Å². The van der Waals surface area contributed by atoms with Gasteiger partial charge in [0.25, 0.3) is 0 Å². The fourth-order valence-electron chi connectivity index (χ4n) is 1.70. The van der Waals surface area contributed by atoms with E-state index in [1.165, 1.54) is 0 Å². The molecule has 5 heteroatoms. The van der Waals surface area contributed by atoms with Crippen molar-refractivity contribution in [1.29, 1.82) is 0 Å². The highest BCUT2D eigenvalue weighted by atomic mass is 16.6. The van der Waals surface area contributed by atoms with Crippen molar-refractivity contribution in [3.05, 3.63) is 35.4 Å². The van der Waals surface area contributed by atoms with E-state index in [1.807, 2.05) is 0 Å². The second kappa shape index (κ2) is 6.52. The summed E-state index contributed by atoms with van der Waals surface area (Å²) in [6.45, 7) is 5.40. The summed E-state index contributed by atoms with van der Waals surface area (Å²) in [4.78, 5) is 22.8. The van der Waals surface area contributed by atoms with Gasteiger partial charge in [0.15, 0.2) is 0 Å². The molecular formula is C15H21NO4. The molecule has 1 rings (SSSR count). The van der Waals surface area contributed by atoms with Crippen molar-refractivity contribution in [3.8, 4) is 0 Å². The Hall–Kier alpha value is -1.88. The first-order chi connectivity index (χ1) is 9.20. The Labute approximate surface area is 118 Å². The molecule has 5 nitrogen and oxygen atoms in total. The van der Waals surface area contributed by atoms with Gasteiger partial charge in [-0.2, -0.15) is 0 Å². The van der Waals surface area contributed by atoms with Gasteiger partial charge < -0.3 is 15.6 Å². The summed E-state index contributed by atoms with van der Waals surface area (Å²) in [6, 6.07) is 6.08. The minimum atomic E-state index is -1.04. The van der Waals surface area contributed by atoms with E-state index in [4.69, 9.17) is 15.6 Å². The largest absolute Gasteiger partial charge is 0.480 e. The van der Waals surface area contributed by atoms with Crippen LogP contribution in [0.4, 0.5) is 0 Å². The van der Waals surface area contributed by atoms with Gasteiger partial charge in [-0.3, -0.25) is 4.79 Å². The van der Waals surface area contributed by atoms with Gasteiger partial charge in [0.1, 0.15) is 11.6 Å². The van der Waals surface area contributed by atoms with Crippen LogP contribution >= 0.6 is 0 Å². The summed E-state index contributed by atoms with van der Waals surface area (Å²) in [5.41, 5.74) is 6.12. The molecule has 1 atom stereocenters. The van der Waals surface area contributed by atoms with Crippen molar-refractivity contribution in [2.45, 2.75) is 45.3 Å². The number of carbonyl (C=O) groups is 2. The molecule has 0 bridgehead atoms. The predicted molar refractivity (Wildman–Crippen MR) is 75.5 cm³/mol. The fraction of sp³-hybridized carbons (Fsp3) is 0.467. The molecule has 0 aromatic heterocycles. The highest BCUT2D eigenvalue weighted by molar-refractivity contribution is 5.91. The van der Waals surface area contributed by atoms with E-state index >= 15 is 0 Å². The first-order valence-corrected chi connectivity index (χ1v) is 6.50. The van der Waals surface area contributed by atoms with E-state index in [1.54, 1.807) is 45.0 Å². The Morgan fingerprint density at radius 2 is 1.90 bits per heavy atom. The molecule has 0 spiro atoms. The van der Waals surface area contributed by atoms with E-state index < -0.39 is 23.6 Å². The lowest BCUT2D eigenvalue weighted by Crippen LogP contribution is -2.30. The van der Waals surface area contributed by atoms with Crippen molar-refractivity contribution in [2.75, 3.05) is 0 Å². The number of nitrogens with two attached hydrogens (primary N) is 1. The number of aliphatic carboxylic acids is 1. The lowest BCUT2D eigenvalue weighted by molar-refractivity contribution is -0.138. The number of carboxylic acids is 1. The fourth-order valence-corrected chi connectivity index (χ4v) is 1.70. The SMILES string of the molecule is CC(C)(C)OC(=O)c1ccccc1CC[C@H](N)C(=O)O. The van der Waals surface area contributed by atoms with Crippen molar-refractivity contribution < 1.29 is 19.4 Å². The number of aryl methyl sites for hydroxylation is 1. The number of rotatable bonds is 5. The molecule has 1 aromatic rings. The summed E-state index contributed by atoms with van der Waals surface area (Å²) >= 11 is 0. The number of benzene rings is 1. The van der Waals surface area contributed by atoms with Crippen LogP contribution in [0.15, 0.2) is 24.3 Å². The summed E-state index contributed by atoms with van der Waals surface area (Å²) < 4.78 is 5.33. The molecule has 0 fully saturated rings. The van der Waals surface area contributed by atoms with Crippen LogP contribution in [-0.2, 0) is 16.0 Å². The third-order valence-electron chi connectivity index (χ3n) is 2.68. The molecule has 0 saturated carbocycles. The van der Waals surface area contributed by atoms with Crippen molar-refractivity contribution in [3.63, 3.8) is 0 Å². The molecule has 110 valence electrons. The number of esters is 1. The number of carboxylic acid groups (broad SMARTS) is 1. The Balaban J connectivity index is 2.83. The minimum Gasteiger partial charge on any atom is -0.480 e. The van der Waals surface area contributed by atoms with Crippen LogP contribution in [0.5, 0.6) is 0 Å². The van der Waals surface area contributed by atoms with Gasteiger partial charge in [-0.15, -0.1) is 0 Å². The van der Waals surface area contributed by atoms with Gasteiger partial charge in [-0.1, -0.05) is 18.2 Å². The van der Waals surface area contributed by atoms with Crippen molar-refractivity contribution in [2.24, 2.45) is 5.73 Å². The average Bonchev–Trinajstić information content (AvgIpc) is 2.34. The van der Waals surface area contributed by atoms with Gasteiger partial charge in [0.2, 0.25) is 0 Å². The molecule has 1 aromatic carbocycles. The molecule has 3 N–H and O–H groups in total. The molecule has 0 aliphatic heterocycles. The van der Waals surface area contributed by atoms with E-state index in [9.17, 15) is 9.59 Å². The van der Waals surface area contributed by atoms with Crippen molar-refractivity contribution in [1.82, 2.24) is 0 Å². The smallest absolute Gasteiger partial charge is 0.338 e. The zero-order chi connectivity index (χ0) is 15.3. The number of carbonyl (C=O) groups excluding carboxylic acids is 1. The quantitative estimate of drug-likeness (QED) is 0.804. The molecule has 0 aliphatic carbocycles. The third-order valence-corrected chi connectivity index (χ3v) is 2.68. The van der Waals surface area contributed by atoms with Crippen molar-refractivity contribution >= 4 is 11.9 Å². The number of hydrogen-bond acceptors (Lipinski definition) is 4. The monoisotopic (exact) mass is 279 g/mol.